The van der Waals surface area contributed by atoms with E-state index in [9.17, 15) is 14.4 Å². The van der Waals surface area contributed by atoms with Gasteiger partial charge in [-0.05, 0) is 47.9 Å². The van der Waals surface area contributed by atoms with E-state index in [0.29, 0.717) is 18.5 Å². The molecule has 1 saturated heterocycles. The van der Waals surface area contributed by atoms with Crippen LogP contribution >= 0.6 is 11.3 Å². The molecule has 1 spiro atoms. The van der Waals surface area contributed by atoms with Gasteiger partial charge in [-0.15, -0.1) is 11.3 Å². The largest absolute Gasteiger partial charge is 0.352 e. The third kappa shape index (κ3) is 2.36. The number of carbonyl (C=O) groups is 3. The minimum Gasteiger partial charge on any atom is -0.352 e. The van der Waals surface area contributed by atoms with E-state index >= 15 is 0 Å². The Kier molecular flexibility index (Phi) is 3.53. The molecule has 4 rings (SSSR count). The van der Waals surface area contributed by atoms with Crippen molar-refractivity contribution in [1.82, 2.24) is 16.0 Å². The molecule has 2 aliphatic rings. The lowest BCUT2D eigenvalue weighted by molar-refractivity contribution is -0.125. The summed E-state index contributed by atoms with van der Waals surface area (Å²) in [6, 6.07) is 7.16. The van der Waals surface area contributed by atoms with Gasteiger partial charge in [0, 0.05) is 22.7 Å². The normalized spacial score (nSPS) is 25.9. The van der Waals surface area contributed by atoms with Gasteiger partial charge in [-0.1, -0.05) is 6.42 Å². The van der Waals surface area contributed by atoms with Crippen molar-refractivity contribution in [2.24, 2.45) is 5.92 Å². The Balaban J connectivity index is 1.47. The maximum atomic E-state index is 12.4. The molecule has 3 N–H and O–H groups in total. The molecule has 0 unspecified atom stereocenters. The molecular weight excluding hydrogens is 326 g/mol. The van der Waals surface area contributed by atoms with Crippen LogP contribution in [0.2, 0.25) is 0 Å². The molecule has 1 aromatic heterocycles. The number of fused-ring (bicyclic) bond motifs is 1. The van der Waals surface area contributed by atoms with Crippen LogP contribution in [0.25, 0.3) is 10.1 Å². The van der Waals surface area contributed by atoms with Crippen LogP contribution in [0, 0.1) is 5.92 Å². The van der Waals surface area contributed by atoms with Gasteiger partial charge in [0.05, 0.1) is 0 Å². The summed E-state index contributed by atoms with van der Waals surface area (Å²) >= 11 is 1.64. The predicted molar refractivity (Wildman–Crippen MR) is 90.9 cm³/mol. The number of amides is 4. The second-order valence-corrected chi connectivity index (χ2v) is 7.30. The molecule has 1 aliphatic heterocycles. The highest BCUT2D eigenvalue weighted by Crippen LogP contribution is 2.37. The molecule has 2 fully saturated rings. The van der Waals surface area contributed by atoms with Gasteiger partial charge in [-0.25, -0.2) is 4.79 Å². The smallest absolute Gasteiger partial charge is 0.322 e. The van der Waals surface area contributed by atoms with E-state index in [2.05, 4.69) is 16.0 Å². The summed E-state index contributed by atoms with van der Waals surface area (Å²) in [5.74, 6) is -0.517. The van der Waals surface area contributed by atoms with Crippen LogP contribution in [0.5, 0.6) is 0 Å². The average Bonchev–Trinajstić information content (AvgIpc) is 3.25. The summed E-state index contributed by atoms with van der Waals surface area (Å²) in [5.41, 5.74) is -0.255. The van der Waals surface area contributed by atoms with Gasteiger partial charge in [0.25, 0.3) is 11.8 Å². The lowest BCUT2D eigenvalue weighted by atomic mass is 9.87. The predicted octanol–water partition coefficient (Wildman–Crippen LogP) is 2.01. The summed E-state index contributed by atoms with van der Waals surface area (Å²) in [6.45, 7) is 0.369. The SMILES string of the molecule is O=C1NC(=O)[C@]2(CCC[C@H]2CNC(=O)c2ccc3sccc3c2)N1. The fourth-order valence-electron chi connectivity index (χ4n) is 3.75. The first kappa shape index (κ1) is 15.1. The third-order valence-electron chi connectivity index (χ3n) is 5.01. The first-order chi connectivity index (χ1) is 11.6. The molecule has 1 aliphatic carbocycles. The van der Waals surface area contributed by atoms with Crippen molar-refractivity contribution >= 4 is 39.3 Å². The molecule has 1 aromatic carbocycles. The summed E-state index contributed by atoms with van der Waals surface area (Å²) < 4.78 is 1.15. The van der Waals surface area contributed by atoms with Gasteiger partial charge in [0.2, 0.25) is 0 Å². The van der Waals surface area contributed by atoms with E-state index < -0.39 is 11.6 Å². The Morgan fingerprint density at radius 1 is 1.33 bits per heavy atom. The number of carbonyl (C=O) groups excluding carboxylic acids is 3. The second kappa shape index (κ2) is 5.59. The van der Waals surface area contributed by atoms with E-state index in [1.807, 2.05) is 29.6 Å². The fourth-order valence-corrected chi connectivity index (χ4v) is 4.52. The summed E-state index contributed by atoms with van der Waals surface area (Å²) in [5, 5.41) is 11.0. The van der Waals surface area contributed by atoms with E-state index in [0.717, 1.165) is 22.9 Å². The summed E-state index contributed by atoms with van der Waals surface area (Å²) in [7, 11) is 0. The number of hydrogen-bond acceptors (Lipinski definition) is 4. The second-order valence-electron chi connectivity index (χ2n) is 6.35. The van der Waals surface area contributed by atoms with Gasteiger partial charge in [-0.2, -0.15) is 0 Å². The van der Waals surface area contributed by atoms with E-state index in [-0.39, 0.29) is 17.7 Å². The van der Waals surface area contributed by atoms with E-state index in [4.69, 9.17) is 0 Å². The Bertz CT molecular complexity index is 846. The standard InChI is InChI=1S/C17H17N3O3S/c21-14(11-3-4-13-10(8-11)5-7-24-13)18-9-12-2-1-6-17(12)15(22)19-16(23)20-17/h3-5,7-8,12H,1-2,6,9H2,(H,18,21)(H2,19,20,22,23)/t12-,17+/m0/s1. The van der Waals surface area contributed by atoms with Crippen molar-refractivity contribution in [3.05, 3.63) is 35.2 Å². The Morgan fingerprint density at radius 3 is 3.00 bits per heavy atom. The van der Waals surface area contributed by atoms with Gasteiger partial charge in [0.1, 0.15) is 5.54 Å². The van der Waals surface area contributed by atoms with Crippen LogP contribution in [0.3, 0.4) is 0 Å². The van der Waals surface area contributed by atoms with Gasteiger partial charge >= 0.3 is 6.03 Å². The number of urea groups is 1. The molecule has 0 bridgehead atoms. The Hall–Kier alpha value is -2.41. The summed E-state index contributed by atoms with van der Waals surface area (Å²) in [4.78, 5) is 36.1. The number of imide groups is 1. The van der Waals surface area contributed by atoms with E-state index in [1.165, 1.54) is 0 Å². The van der Waals surface area contributed by atoms with Crippen molar-refractivity contribution in [1.29, 1.82) is 0 Å². The maximum absolute atomic E-state index is 12.4. The van der Waals surface area contributed by atoms with Crippen LogP contribution in [0.1, 0.15) is 29.6 Å². The molecular formula is C17H17N3O3S. The Labute approximate surface area is 142 Å². The molecule has 1 saturated carbocycles. The first-order valence-corrected chi connectivity index (χ1v) is 8.85. The van der Waals surface area contributed by atoms with Gasteiger partial charge in [0.15, 0.2) is 0 Å². The molecule has 0 radical (unpaired) electrons. The monoisotopic (exact) mass is 343 g/mol. The zero-order valence-corrected chi connectivity index (χ0v) is 13.7. The molecule has 2 heterocycles. The van der Waals surface area contributed by atoms with Gasteiger partial charge in [-0.3, -0.25) is 14.9 Å². The lowest BCUT2D eigenvalue weighted by Gasteiger charge is -2.28. The highest BCUT2D eigenvalue weighted by atomic mass is 32.1. The number of benzene rings is 1. The summed E-state index contributed by atoms with van der Waals surface area (Å²) in [6.07, 6.45) is 2.28. The van der Waals surface area contributed by atoms with Crippen molar-refractivity contribution in [2.45, 2.75) is 24.8 Å². The Morgan fingerprint density at radius 2 is 2.21 bits per heavy atom. The van der Waals surface area contributed by atoms with Crippen LogP contribution in [0.4, 0.5) is 4.79 Å². The van der Waals surface area contributed by atoms with Crippen molar-refractivity contribution < 1.29 is 14.4 Å². The van der Waals surface area contributed by atoms with Crippen LogP contribution in [0.15, 0.2) is 29.6 Å². The molecule has 6 nitrogen and oxygen atoms in total. The number of nitrogens with one attached hydrogen (secondary N) is 3. The minimum absolute atomic E-state index is 0.0854. The van der Waals surface area contributed by atoms with Crippen LogP contribution in [-0.4, -0.2) is 29.9 Å². The molecule has 2 aromatic rings. The van der Waals surface area contributed by atoms with Crippen LogP contribution < -0.4 is 16.0 Å². The number of thiophene rings is 1. The van der Waals surface area contributed by atoms with Crippen LogP contribution in [-0.2, 0) is 4.79 Å². The highest BCUT2D eigenvalue weighted by Gasteiger charge is 2.54. The van der Waals surface area contributed by atoms with Crippen molar-refractivity contribution in [3.8, 4) is 0 Å². The molecule has 4 amide bonds. The maximum Gasteiger partial charge on any atom is 0.322 e. The zero-order valence-electron chi connectivity index (χ0n) is 12.9. The first-order valence-electron chi connectivity index (χ1n) is 7.97. The van der Waals surface area contributed by atoms with E-state index in [1.54, 1.807) is 11.3 Å². The minimum atomic E-state index is -0.859. The number of rotatable bonds is 3. The van der Waals surface area contributed by atoms with Crippen molar-refractivity contribution in [2.75, 3.05) is 6.54 Å². The fraction of sp³-hybridized carbons (Fsp3) is 0.353. The topological polar surface area (TPSA) is 87.3 Å². The highest BCUT2D eigenvalue weighted by molar-refractivity contribution is 7.17. The number of hydrogen-bond donors (Lipinski definition) is 3. The van der Waals surface area contributed by atoms with Crippen molar-refractivity contribution in [3.63, 3.8) is 0 Å². The van der Waals surface area contributed by atoms with Gasteiger partial charge < -0.3 is 10.6 Å². The molecule has 2 atom stereocenters. The zero-order chi connectivity index (χ0) is 16.7. The third-order valence-corrected chi connectivity index (χ3v) is 5.91. The lowest BCUT2D eigenvalue weighted by Crippen LogP contribution is -2.53. The molecule has 7 heteroatoms. The quantitative estimate of drug-likeness (QED) is 0.745. The molecule has 24 heavy (non-hydrogen) atoms. The molecule has 124 valence electrons. The average molecular weight is 343 g/mol.